The minimum atomic E-state index is -1.11. The second-order valence-corrected chi connectivity index (χ2v) is 7.88. The summed E-state index contributed by atoms with van der Waals surface area (Å²) in [4.78, 5) is 17.0. The standard InChI is InChI=1S/C22H27ClN2O3/c1-24(2)11-4-12-25-20-10-7-17(23)13-16(20)14-19(21(26)22(25)27)15-5-8-18(28-3)9-6-15/h5-10,13,19,21,26H,4,11-12,14H2,1-3H3. The minimum absolute atomic E-state index is 0.263. The van der Waals surface area contributed by atoms with E-state index in [0.29, 0.717) is 18.0 Å². The molecule has 150 valence electrons. The van der Waals surface area contributed by atoms with Crippen molar-refractivity contribution < 1.29 is 14.6 Å². The number of nitrogens with zero attached hydrogens (tertiary/aromatic N) is 2. The molecule has 0 spiro atoms. The Kier molecular flexibility index (Phi) is 6.60. The number of carbonyl (C=O) groups is 1. The van der Waals surface area contributed by atoms with E-state index in [2.05, 4.69) is 4.90 Å². The van der Waals surface area contributed by atoms with Crippen molar-refractivity contribution in [2.45, 2.75) is 24.9 Å². The van der Waals surface area contributed by atoms with E-state index in [0.717, 1.165) is 35.5 Å². The Morgan fingerprint density at radius 3 is 2.57 bits per heavy atom. The number of methoxy groups -OCH3 is 1. The van der Waals surface area contributed by atoms with Gasteiger partial charge in [0.05, 0.1) is 7.11 Å². The highest BCUT2D eigenvalue weighted by Crippen LogP contribution is 2.36. The van der Waals surface area contributed by atoms with Crippen molar-refractivity contribution in [2.75, 3.05) is 39.2 Å². The van der Waals surface area contributed by atoms with E-state index in [9.17, 15) is 9.90 Å². The summed E-state index contributed by atoms with van der Waals surface area (Å²) in [5.41, 5.74) is 2.72. The number of aliphatic hydroxyl groups excluding tert-OH is 1. The van der Waals surface area contributed by atoms with Crippen LogP contribution in [0.4, 0.5) is 5.69 Å². The monoisotopic (exact) mass is 402 g/mol. The third-order valence-corrected chi connectivity index (χ3v) is 5.44. The zero-order valence-electron chi connectivity index (χ0n) is 16.6. The first-order valence-electron chi connectivity index (χ1n) is 9.47. The van der Waals surface area contributed by atoms with Gasteiger partial charge in [-0.1, -0.05) is 23.7 Å². The number of aliphatic hydroxyl groups is 1. The van der Waals surface area contributed by atoms with Gasteiger partial charge < -0.3 is 19.6 Å². The summed E-state index contributed by atoms with van der Waals surface area (Å²) >= 11 is 6.24. The number of amides is 1. The second-order valence-electron chi connectivity index (χ2n) is 7.45. The van der Waals surface area contributed by atoms with Crippen LogP contribution in [0, 0.1) is 0 Å². The highest BCUT2D eigenvalue weighted by atomic mass is 35.5. The number of carbonyl (C=O) groups excluding carboxylic acids is 1. The van der Waals surface area contributed by atoms with Gasteiger partial charge >= 0.3 is 0 Å². The molecule has 2 unspecified atom stereocenters. The molecule has 0 saturated carbocycles. The molecule has 0 fully saturated rings. The molecule has 1 aliphatic heterocycles. The average Bonchev–Trinajstić information content (AvgIpc) is 2.78. The molecule has 3 rings (SSSR count). The highest BCUT2D eigenvalue weighted by molar-refractivity contribution is 6.30. The molecule has 0 aliphatic carbocycles. The third kappa shape index (κ3) is 4.49. The van der Waals surface area contributed by atoms with Gasteiger partial charge in [0.1, 0.15) is 11.9 Å². The van der Waals surface area contributed by atoms with Crippen LogP contribution in [-0.2, 0) is 11.2 Å². The topological polar surface area (TPSA) is 53.0 Å². The van der Waals surface area contributed by atoms with Gasteiger partial charge in [0.15, 0.2) is 0 Å². The molecule has 0 saturated heterocycles. The number of halogens is 1. The quantitative estimate of drug-likeness (QED) is 0.805. The van der Waals surface area contributed by atoms with Crippen molar-refractivity contribution in [1.82, 2.24) is 4.90 Å². The summed E-state index contributed by atoms with van der Waals surface area (Å²) in [7, 11) is 5.63. The lowest BCUT2D eigenvalue weighted by atomic mass is 9.88. The largest absolute Gasteiger partial charge is 0.497 e. The van der Waals surface area contributed by atoms with E-state index in [4.69, 9.17) is 16.3 Å². The van der Waals surface area contributed by atoms with Crippen molar-refractivity contribution in [3.63, 3.8) is 0 Å². The summed E-state index contributed by atoms with van der Waals surface area (Å²) < 4.78 is 5.22. The van der Waals surface area contributed by atoms with E-state index in [1.807, 2.05) is 50.5 Å². The van der Waals surface area contributed by atoms with Gasteiger partial charge in [0.25, 0.3) is 5.91 Å². The molecule has 0 bridgehead atoms. The predicted octanol–water partition coefficient (Wildman–Crippen LogP) is 3.33. The molecule has 1 amide bonds. The highest BCUT2D eigenvalue weighted by Gasteiger charge is 2.36. The second kappa shape index (κ2) is 8.95. The number of hydrogen-bond acceptors (Lipinski definition) is 4. The zero-order chi connectivity index (χ0) is 20.3. The van der Waals surface area contributed by atoms with Crippen molar-refractivity contribution in [2.24, 2.45) is 0 Å². The number of ether oxygens (including phenoxy) is 1. The molecule has 28 heavy (non-hydrogen) atoms. The molecular weight excluding hydrogens is 376 g/mol. The molecule has 1 aliphatic rings. The Hall–Kier alpha value is -2.08. The average molecular weight is 403 g/mol. The fourth-order valence-corrected chi connectivity index (χ4v) is 3.90. The maximum absolute atomic E-state index is 13.2. The summed E-state index contributed by atoms with van der Waals surface area (Å²) in [6, 6.07) is 13.1. The van der Waals surface area contributed by atoms with E-state index in [1.54, 1.807) is 18.1 Å². The zero-order valence-corrected chi connectivity index (χ0v) is 17.3. The molecule has 2 aromatic carbocycles. The van der Waals surface area contributed by atoms with Crippen molar-refractivity contribution in [1.29, 1.82) is 0 Å². The molecule has 2 atom stereocenters. The minimum Gasteiger partial charge on any atom is -0.497 e. The van der Waals surface area contributed by atoms with Crippen molar-refractivity contribution >= 4 is 23.2 Å². The third-order valence-electron chi connectivity index (χ3n) is 5.20. The lowest BCUT2D eigenvalue weighted by Gasteiger charge is -2.26. The molecule has 2 aromatic rings. The number of rotatable bonds is 6. The number of benzene rings is 2. The molecule has 6 heteroatoms. The molecule has 1 heterocycles. The molecule has 5 nitrogen and oxygen atoms in total. The van der Waals surface area contributed by atoms with Crippen molar-refractivity contribution in [3.8, 4) is 5.75 Å². The van der Waals surface area contributed by atoms with Gasteiger partial charge in [-0.2, -0.15) is 0 Å². The Morgan fingerprint density at radius 2 is 1.93 bits per heavy atom. The molecule has 0 aromatic heterocycles. The Balaban J connectivity index is 1.96. The maximum Gasteiger partial charge on any atom is 0.256 e. The van der Waals surface area contributed by atoms with Crippen LogP contribution in [0.15, 0.2) is 42.5 Å². The van der Waals surface area contributed by atoms with E-state index in [1.165, 1.54) is 0 Å². The van der Waals surface area contributed by atoms with Gasteiger partial charge in [-0.25, -0.2) is 0 Å². The van der Waals surface area contributed by atoms with Gasteiger partial charge in [-0.15, -0.1) is 0 Å². The van der Waals surface area contributed by atoms with E-state index in [-0.39, 0.29) is 11.8 Å². The number of anilines is 1. The predicted molar refractivity (Wildman–Crippen MR) is 112 cm³/mol. The van der Waals surface area contributed by atoms with Crippen LogP contribution in [0.5, 0.6) is 5.75 Å². The van der Waals surface area contributed by atoms with Crippen LogP contribution in [0.3, 0.4) is 0 Å². The molecular formula is C22H27ClN2O3. The fraction of sp³-hybridized carbons (Fsp3) is 0.409. The summed E-state index contributed by atoms with van der Waals surface area (Å²) in [5.74, 6) is 0.141. The molecule has 1 N–H and O–H groups in total. The van der Waals surface area contributed by atoms with Crippen LogP contribution in [0.2, 0.25) is 5.02 Å². The Morgan fingerprint density at radius 1 is 1.21 bits per heavy atom. The van der Waals surface area contributed by atoms with Crippen LogP contribution in [-0.4, -0.2) is 56.3 Å². The number of fused-ring (bicyclic) bond motifs is 1. The van der Waals surface area contributed by atoms with Gasteiger partial charge in [0.2, 0.25) is 0 Å². The van der Waals surface area contributed by atoms with E-state index >= 15 is 0 Å². The Labute approximate surface area is 171 Å². The Bertz CT molecular complexity index is 823. The lowest BCUT2D eigenvalue weighted by Crippen LogP contribution is -2.42. The van der Waals surface area contributed by atoms with Crippen LogP contribution in [0.25, 0.3) is 0 Å². The van der Waals surface area contributed by atoms with Gasteiger partial charge in [-0.05, 0) is 74.9 Å². The number of hydrogen-bond donors (Lipinski definition) is 1. The first kappa shape index (κ1) is 20.6. The van der Waals surface area contributed by atoms with Gasteiger partial charge in [-0.3, -0.25) is 4.79 Å². The molecule has 0 radical (unpaired) electrons. The fourth-order valence-electron chi connectivity index (χ4n) is 3.71. The normalized spacial score (nSPS) is 19.5. The SMILES string of the molecule is COc1ccc(C2Cc3cc(Cl)ccc3N(CCCN(C)C)C(=O)C2O)cc1. The van der Waals surface area contributed by atoms with Crippen LogP contribution < -0.4 is 9.64 Å². The van der Waals surface area contributed by atoms with Crippen molar-refractivity contribution in [3.05, 3.63) is 58.6 Å². The first-order chi connectivity index (χ1) is 13.4. The summed E-state index contributed by atoms with van der Waals surface area (Å²) in [6.07, 6.45) is 0.249. The van der Waals surface area contributed by atoms with Gasteiger partial charge in [0, 0.05) is 23.2 Å². The smallest absolute Gasteiger partial charge is 0.256 e. The lowest BCUT2D eigenvalue weighted by molar-refractivity contribution is -0.127. The summed E-state index contributed by atoms with van der Waals surface area (Å²) in [6.45, 7) is 1.42. The first-order valence-corrected chi connectivity index (χ1v) is 9.85. The maximum atomic E-state index is 13.2. The van der Waals surface area contributed by atoms with Crippen LogP contribution >= 0.6 is 11.6 Å². The van der Waals surface area contributed by atoms with Crippen LogP contribution in [0.1, 0.15) is 23.5 Å². The van der Waals surface area contributed by atoms with E-state index < -0.39 is 6.10 Å². The summed E-state index contributed by atoms with van der Waals surface area (Å²) in [5, 5.41) is 11.6.